The maximum absolute atomic E-state index is 13.3. The Balaban J connectivity index is 1.39. The third-order valence-electron chi connectivity index (χ3n) is 9.82. The lowest BCUT2D eigenvalue weighted by molar-refractivity contribution is -0.146. The molecule has 1 aliphatic heterocycles. The fourth-order valence-corrected chi connectivity index (χ4v) is 8.23. The molecule has 0 spiro atoms. The zero-order valence-corrected chi connectivity index (χ0v) is 18.6. The van der Waals surface area contributed by atoms with Crippen LogP contribution in [-0.4, -0.2) is 17.9 Å². The average Bonchev–Trinajstić information content (AvgIpc) is 3.07. The van der Waals surface area contributed by atoms with Crippen molar-refractivity contribution in [2.45, 2.75) is 71.8 Å². The van der Waals surface area contributed by atoms with Gasteiger partial charge in [0, 0.05) is 24.1 Å². The summed E-state index contributed by atoms with van der Waals surface area (Å²) in [4.78, 5) is 25.4. The third-order valence-corrected chi connectivity index (χ3v) is 9.82. The summed E-state index contributed by atoms with van der Waals surface area (Å²) >= 11 is 0. The molecule has 2 N–H and O–H groups in total. The highest BCUT2D eigenvalue weighted by atomic mass is 16.2. The topological polar surface area (TPSA) is 58.2 Å². The van der Waals surface area contributed by atoms with Gasteiger partial charge in [-0.05, 0) is 85.2 Å². The first-order valence-corrected chi connectivity index (χ1v) is 12.0. The fraction of sp³-hybridized carbons (Fsp3) is 0.692. The van der Waals surface area contributed by atoms with Crippen molar-refractivity contribution in [1.29, 1.82) is 0 Å². The zero-order valence-electron chi connectivity index (χ0n) is 18.6. The standard InChI is InChI=1S/C26H36N2O2/c1-16-15-21-26(3,14-12-22(29)28-21)19-11-13-25(2)18(23(16)19)9-10-20(25)24(30)27-17-7-5-4-6-8-17/h4-8,16,18-21,23H,9-15H2,1-3H3,(H,27,30)(H,28,29)/t16-,18?,19?,20+,21?,23?,25-,26+/m0/s1. The molecule has 2 amide bonds. The van der Waals surface area contributed by atoms with Crippen molar-refractivity contribution in [3.8, 4) is 0 Å². The van der Waals surface area contributed by atoms with Crippen LogP contribution in [0.3, 0.4) is 0 Å². The van der Waals surface area contributed by atoms with Crippen molar-refractivity contribution in [3.63, 3.8) is 0 Å². The van der Waals surface area contributed by atoms with E-state index in [2.05, 4.69) is 31.4 Å². The Morgan fingerprint density at radius 2 is 1.77 bits per heavy atom. The molecular formula is C26H36N2O2. The number of para-hydroxylation sites is 1. The molecule has 162 valence electrons. The summed E-state index contributed by atoms with van der Waals surface area (Å²) in [5, 5.41) is 6.54. The van der Waals surface area contributed by atoms with Gasteiger partial charge in [-0.15, -0.1) is 0 Å². The third kappa shape index (κ3) is 2.93. The second kappa shape index (κ2) is 7.10. The summed E-state index contributed by atoms with van der Waals surface area (Å²) in [6.45, 7) is 7.25. The number of amides is 2. The molecule has 4 fully saturated rings. The molecular weight excluding hydrogens is 372 g/mol. The van der Waals surface area contributed by atoms with Gasteiger partial charge in [-0.25, -0.2) is 0 Å². The SMILES string of the molecule is C[C@H]1CC2NC(=O)CC[C@]2(C)C2CC[C@@]3(C)C(CC[C@@H]3C(=O)Nc3ccccc3)C21. The van der Waals surface area contributed by atoms with Crippen LogP contribution in [0.2, 0.25) is 0 Å². The molecule has 0 aromatic heterocycles. The van der Waals surface area contributed by atoms with Crippen LogP contribution in [0, 0.1) is 40.4 Å². The molecule has 4 unspecified atom stereocenters. The van der Waals surface area contributed by atoms with E-state index < -0.39 is 0 Å². The van der Waals surface area contributed by atoms with Crippen LogP contribution in [-0.2, 0) is 9.59 Å². The molecule has 1 heterocycles. The highest BCUT2D eigenvalue weighted by molar-refractivity contribution is 5.93. The van der Waals surface area contributed by atoms with Crippen LogP contribution in [0.5, 0.6) is 0 Å². The van der Waals surface area contributed by atoms with Gasteiger partial charge in [0.2, 0.25) is 11.8 Å². The lowest BCUT2D eigenvalue weighted by atomic mass is 9.45. The molecule has 8 atom stereocenters. The van der Waals surface area contributed by atoms with E-state index in [0.29, 0.717) is 36.1 Å². The predicted octanol–water partition coefficient (Wildman–Crippen LogP) is 5.01. The van der Waals surface area contributed by atoms with Gasteiger partial charge in [0.1, 0.15) is 0 Å². The van der Waals surface area contributed by atoms with E-state index in [1.165, 1.54) is 12.8 Å². The number of piperidine rings is 1. The quantitative estimate of drug-likeness (QED) is 0.723. The molecule has 4 heteroatoms. The van der Waals surface area contributed by atoms with E-state index in [4.69, 9.17) is 0 Å². The van der Waals surface area contributed by atoms with Crippen molar-refractivity contribution in [2.24, 2.45) is 40.4 Å². The molecule has 1 aromatic rings. The first-order valence-electron chi connectivity index (χ1n) is 12.0. The number of carbonyl (C=O) groups excluding carboxylic acids is 2. The highest BCUT2D eigenvalue weighted by Gasteiger charge is 2.62. The number of benzene rings is 1. The van der Waals surface area contributed by atoms with Gasteiger partial charge in [0.15, 0.2) is 0 Å². The largest absolute Gasteiger partial charge is 0.353 e. The van der Waals surface area contributed by atoms with Gasteiger partial charge in [0.05, 0.1) is 0 Å². The van der Waals surface area contributed by atoms with Crippen LogP contribution in [0.15, 0.2) is 30.3 Å². The molecule has 4 aliphatic rings. The maximum atomic E-state index is 13.3. The lowest BCUT2D eigenvalue weighted by Gasteiger charge is -2.62. The van der Waals surface area contributed by atoms with Gasteiger partial charge < -0.3 is 10.6 Å². The van der Waals surface area contributed by atoms with Crippen LogP contribution in [0.1, 0.15) is 65.7 Å². The summed E-state index contributed by atoms with van der Waals surface area (Å²) in [5.41, 5.74) is 1.22. The first-order chi connectivity index (χ1) is 14.3. The minimum absolute atomic E-state index is 0.0927. The van der Waals surface area contributed by atoms with Crippen molar-refractivity contribution in [1.82, 2.24) is 5.32 Å². The van der Waals surface area contributed by atoms with Crippen molar-refractivity contribution < 1.29 is 9.59 Å². The van der Waals surface area contributed by atoms with E-state index in [9.17, 15) is 9.59 Å². The van der Waals surface area contributed by atoms with E-state index >= 15 is 0 Å². The number of fused-ring (bicyclic) bond motifs is 5. The average molecular weight is 409 g/mol. The number of anilines is 1. The number of hydrogen-bond acceptors (Lipinski definition) is 2. The smallest absolute Gasteiger partial charge is 0.228 e. The summed E-state index contributed by atoms with van der Waals surface area (Å²) in [7, 11) is 0. The Hall–Kier alpha value is -1.84. The maximum Gasteiger partial charge on any atom is 0.228 e. The van der Waals surface area contributed by atoms with E-state index in [-0.39, 0.29) is 28.6 Å². The second-order valence-electron chi connectivity index (χ2n) is 11.2. The summed E-state index contributed by atoms with van der Waals surface area (Å²) in [6, 6.07) is 10.2. The molecule has 4 nitrogen and oxygen atoms in total. The van der Waals surface area contributed by atoms with Crippen molar-refractivity contribution >= 4 is 17.5 Å². The summed E-state index contributed by atoms with van der Waals surface area (Å²) in [6.07, 6.45) is 7.30. The molecule has 0 radical (unpaired) electrons. The van der Waals surface area contributed by atoms with Crippen LogP contribution in [0.25, 0.3) is 0 Å². The molecule has 5 rings (SSSR count). The Morgan fingerprint density at radius 3 is 2.53 bits per heavy atom. The molecule has 30 heavy (non-hydrogen) atoms. The van der Waals surface area contributed by atoms with Gasteiger partial charge in [0.25, 0.3) is 0 Å². The minimum atomic E-state index is 0.0927. The predicted molar refractivity (Wildman–Crippen MR) is 119 cm³/mol. The Bertz CT molecular complexity index is 839. The molecule has 3 aliphatic carbocycles. The van der Waals surface area contributed by atoms with Crippen molar-refractivity contribution in [3.05, 3.63) is 30.3 Å². The number of rotatable bonds is 2. The van der Waals surface area contributed by atoms with Gasteiger partial charge in [-0.2, -0.15) is 0 Å². The van der Waals surface area contributed by atoms with E-state index in [1.54, 1.807) is 0 Å². The highest BCUT2D eigenvalue weighted by Crippen LogP contribution is 2.66. The van der Waals surface area contributed by atoms with Crippen molar-refractivity contribution in [2.75, 3.05) is 5.32 Å². The van der Waals surface area contributed by atoms with E-state index in [0.717, 1.165) is 31.4 Å². The van der Waals surface area contributed by atoms with Gasteiger partial charge in [-0.3, -0.25) is 9.59 Å². The number of carbonyl (C=O) groups is 2. The van der Waals surface area contributed by atoms with E-state index in [1.807, 2.05) is 30.3 Å². The molecule has 0 bridgehead atoms. The second-order valence-corrected chi connectivity index (χ2v) is 11.2. The fourth-order valence-electron chi connectivity index (χ4n) is 8.23. The minimum Gasteiger partial charge on any atom is -0.353 e. The molecule has 3 saturated carbocycles. The monoisotopic (exact) mass is 408 g/mol. The van der Waals surface area contributed by atoms with Gasteiger partial charge in [-0.1, -0.05) is 39.0 Å². The van der Waals surface area contributed by atoms with Crippen LogP contribution in [0.4, 0.5) is 5.69 Å². The lowest BCUT2D eigenvalue weighted by Crippen LogP contribution is -2.63. The van der Waals surface area contributed by atoms with Gasteiger partial charge >= 0.3 is 0 Å². The van der Waals surface area contributed by atoms with Crippen LogP contribution < -0.4 is 10.6 Å². The molecule has 1 aromatic carbocycles. The zero-order chi connectivity index (χ0) is 21.1. The summed E-state index contributed by atoms with van der Waals surface area (Å²) < 4.78 is 0. The Labute approximate surface area is 180 Å². The number of hydrogen-bond donors (Lipinski definition) is 2. The summed E-state index contributed by atoms with van der Waals surface area (Å²) in [5.74, 6) is 3.12. The number of nitrogens with one attached hydrogen (secondary N) is 2. The first kappa shape index (κ1) is 20.1. The Kier molecular flexibility index (Phi) is 4.75. The van der Waals surface area contributed by atoms with Crippen LogP contribution >= 0.6 is 0 Å². The Morgan fingerprint density at radius 1 is 1.03 bits per heavy atom. The normalized spacial score (nSPS) is 45.0. The molecule has 1 saturated heterocycles.